The highest BCUT2D eigenvalue weighted by Crippen LogP contribution is 2.23. The smallest absolute Gasteiger partial charge is 0.242 e. The third-order valence-electron chi connectivity index (χ3n) is 6.05. The average molecular weight is 504 g/mol. The Kier molecular flexibility index (Phi) is 10.1. The molecule has 2 rings (SSSR count). The highest BCUT2D eigenvalue weighted by molar-refractivity contribution is 7.92. The molecular weight excluding hydrogens is 466 g/mol. The predicted molar refractivity (Wildman–Crippen MR) is 139 cm³/mol. The molecule has 0 aromatic heterocycles. The molecule has 0 aliphatic rings. The Morgan fingerprint density at radius 1 is 1.09 bits per heavy atom. The number of sulfonamides is 1. The van der Waals surface area contributed by atoms with Gasteiger partial charge >= 0.3 is 0 Å². The fourth-order valence-corrected chi connectivity index (χ4v) is 4.90. The molecule has 0 bridgehead atoms. The van der Waals surface area contributed by atoms with E-state index in [1.807, 2.05) is 57.2 Å². The minimum atomic E-state index is -3.53. The van der Waals surface area contributed by atoms with E-state index in [4.69, 9.17) is 4.74 Å². The van der Waals surface area contributed by atoms with Crippen LogP contribution in [-0.4, -0.2) is 58.1 Å². The van der Waals surface area contributed by atoms with Crippen LogP contribution in [0, 0.1) is 13.8 Å². The molecule has 2 aromatic rings. The number of likely N-dealkylation sites (N-methyl/N-ethyl adjacent to an activating group) is 1. The van der Waals surface area contributed by atoms with Gasteiger partial charge in [0.15, 0.2) is 0 Å². The Balaban J connectivity index is 2.22. The minimum absolute atomic E-state index is 0.105. The van der Waals surface area contributed by atoms with Crippen molar-refractivity contribution in [1.29, 1.82) is 0 Å². The summed E-state index contributed by atoms with van der Waals surface area (Å²) in [7, 11) is -0.408. The second-order valence-electron chi connectivity index (χ2n) is 8.62. The molecule has 1 atom stereocenters. The lowest BCUT2D eigenvalue weighted by Gasteiger charge is -2.31. The monoisotopic (exact) mass is 503 g/mol. The standard InChI is InChI=1S/C26H37N3O5S/c1-7-24(26(31)27-4)28(18-21-10-8-11-23(17-21)34-5)25(30)12-9-15-29(35(6,32)33)22-14-13-19(2)20(3)16-22/h8,10-11,13-14,16-17,24H,7,9,12,15,18H2,1-6H3,(H,27,31)/t24-/m0/s1. The van der Waals surface area contributed by atoms with Gasteiger partial charge in [-0.15, -0.1) is 0 Å². The van der Waals surface area contributed by atoms with Gasteiger partial charge in [-0.05, 0) is 67.6 Å². The molecule has 8 nitrogen and oxygen atoms in total. The van der Waals surface area contributed by atoms with Gasteiger partial charge in [-0.2, -0.15) is 0 Å². The van der Waals surface area contributed by atoms with E-state index >= 15 is 0 Å². The van der Waals surface area contributed by atoms with Crippen molar-refractivity contribution in [2.75, 3.05) is 31.3 Å². The molecule has 2 aromatic carbocycles. The van der Waals surface area contributed by atoms with Crippen molar-refractivity contribution in [2.45, 2.75) is 52.6 Å². The van der Waals surface area contributed by atoms with Crippen LogP contribution in [0.2, 0.25) is 0 Å². The lowest BCUT2D eigenvalue weighted by atomic mass is 10.1. The molecule has 0 aliphatic heterocycles. The summed E-state index contributed by atoms with van der Waals surface area (Å²) in [5.74, 6) is 0.216. The van der Waals surface area contributed by atoms with Crippen LogP contribution >= 0.6 is 0 Å². The molecule has 0 spiro atoms. The molecule has 0 fully saturated rings. The summed E-state index contributed by atoms with van der Waals surface area (Å²) in [4.78, 5) is 27.4. The number of ether oxygens (including phenoxy) is 1. The maximum Gasteiger partial charge on any atom is 0.242 e. The summed E-state index contributed by atoms with van der Waals surface area (Å²) in [6, 6.07) is 12.2. The number of hydrogen-bond donors (Lipinski definition) is 1. The first-order valence-corrected chi connectivity index (χ1v) is 13.6. The lowest BCUT2D eigenvalue weighted by Crippen LogP contribution is -2.48. The van der Waals surface area contributed by atoms with Gasteiger partial charge in [0.1, 0.15) is 11.8 Å². The molecule has 0 unspecified atom stereocenters. The Morgan fingerprint density at radius 2 is 1.80 bits per heavy atom. The summed E-state index contributed by atoms with van der Waals surface area (Å²) in [6.07, 6.45) is 2.04. The average Bonchev–Trinajstić information content (AvgIpc) is 2.82. The minimum Gasteiger partial charge on any atom is -0.497 e. The van der Waals surface area contributed by atoms with Gasteiger partial charge in [-0.25, -0.2) is 8.42 Å². The summed E-state index contributed by atoms with van der Waals surface area (Å²) in [5.41, 5.74) is 3.49. The van der Waals surface area contributed by atoms with Gasteiger partial charge in [0, 0.05) is 26.6 Å². The van der Waals surface area contributed by atoms with E-state index in [9.17, 15) is 18.0 Å². The summed E-state index contributed by atoms with van der Waals surface area (Å²) >= 11 is 0. The molecule has 0 saturated carbocycles. The van der Waals surface area contributed by atoms with E-state index in [0.717, 1.165) is 22.9 Å². The third kappa shape index (κ3) is 7.71. The molecule has 0 aliphatic carbocycles. The summed E-state index contributed by atoms with van der Waals surface area (Å²) in [5, 5.41) is 2.64. The first kappa shape index (κ1) is 28.2. The SMILES string of the molecule is CC[C@@H](C(=O)NC)N(Cc1cccc(OC)c1)C(=O)CCCN(c1ccc(C)c(C)c1)S(C)(=O)=O. The summed E-state index contributed by atoms with van der Waals surface area (Å²) in [6.45, 7) is 6.17. The molecular formula is C26H37N3O5S. The first-order valence-electron chi connectivity index (χ1n) is 11.7. The Labute approximate surface area is 209 Å². The van der Waals surface area contributed by atoms with Gasteiger partial charge in [-0.1, -0.05) is 25.1 Å². The number of amides is 2. The van der Waals surface area contributed by atoms with Crippen LogP contribution < -0.4 is 14.4 Å². The zero-order valence-electron chi connectivity index (χ0n) is 21.5. The van der Waals surface area contributed by atoms with Crippen LogP contribution in [0.1, 0.15) is 42.9 Å². The number of hydrogen-bond acceptors (Lipinski definition) is 5. The normalized spacial score (nSPS) is 12.1. The van der Waals surface area contributed by atoms with E-state index in [2.05, 4.69) is 5.32 Å². The van der Waals surface area contributed by atoms with E-state index in [0.29, 0.717) is 24.3 Å². The molecule has 0 saturated heterocycles. The van der Waals surface area contributed by atoms with Crippen LogP contribution in [0.15, 0.2) is 42.5 Å². The highest BCUT2D eigenvalue weighted by atomic mass is 32.2. The van der Waals surface area contributed by atoms with E-state index in [1.165, 1.54) is 4.31 Å². The van der Waals surface area contributed by atoms with Crippen LogP contribution in [0.3, 0.4) is 0 Å². The van der Waals surface area contributed by atoms with Crippen LogP contribution in [-0.2, 0) is 26.2 Å². The maximum atomic E-state index is 13.3. The topological polar surface area (TPSA) is 96.0 Å². The van der Waals surface area contributed by atoms with Crippen molar-refractivity contribution in [3.8, 4) is 5.75 Å². The number of aryl methyl sites for hydroxylation is 2. The fraction of sp³-hybridized carbons (Fsp3) is 0.462. The fourth-order valence-electron chi connectivity index (χ4n) is 3.94. The van der Waals surface area contributed by atoms with Crippen molar-refractivity contribution in [2.24, 2.45) is 0 Å². The first-order chi connectivity index (χ1) is 16.5. The van der Waals surface area contributed by atoms with Crippen molar-refractivity contribution in [3.05, 3.63) is 59.2 Å². The Bertz CT molecular complexity index is 1130. The lowest BCUT2D eigenvalue weighted by molar-refractivity contribution is -0.141. The molecule has 2 amide bonds. The van der Waals surface area contributed by atoms with Gasteiger partial charge in [0.2, 0.25) is 21.8 Å². The number of benzene rings is 2. The quantitative estimate of drug-likeness (QED) is 0.479. The predicted octanol–water partition coefficient (Wildman–Crippen LogP) is 3.41. The van der Waals surface area contributed by atoms with Crippen molar-refractivity contribution < 1.29 is 22.7 Å². The molecule has 192 valence electrons. The highest BCUT2D eigenvalue weighted by Gasteiger charge is 2.28. The molecule has 1 N–H and O–H groups in total. The maximum absolute atomic E-state index is 13.3. The Hall–Kier alpha value is -3.07. The van der Waals surface area contributed by atoms with Gasteiger partial charge in [0.05, 0.1) is 19.1 Å². The second kappa shape index (κ2) is 12.6. The number of nitrogens with one attached hydrogen (secondary N) is 1. The summed E-state index contributed by atoms with van der Waals surface area (Å²) < 4.78 is 31.6. The van der Waals surface area contributed by atoms with E-state index < -0.39 is 16.1 Å². The molecule has 35 heavy (non-hydrogen) atoms. The number of rotatable bonds is 12. The van der Waals surface area contributed by atoms with Crippen LogP contribution in [0.4, 0.5) is 5.69 Å². The number of anilines is 1. The molecule has 9 heteroatoms. The third-order valence-corrected chi connectivity index (χ3v) is 7.24. The van der Waals surface area contributed by atoms with Gasteiger partial charge in [0.25, 0.3) is 0 Å². The number of carbonyl (C=O) groups excluding carboxylic acids is 2. The van der Waals surface area contributed by atoms with Crippen LogP contribution in [0.5, 0.6) is 5.75 Å². The van der Waals surface area contributed by atoms with E-state index in [-0.39, 0.29) is 31.3 Å². The second-order valence-corrected chi connectivity index (χ2v) is 10.5. The zero-order chi connectivity index (χ0) is 26.2. The van der Waals surface area contributed by atoms with Crippen LogP contribution in [0.25, 0.3) is 0 Å². The van der Waals surface area contributed by atoms with Crippen molar-refractivity contribution in [1.82, 2.24) is 10.2 Å². The van der Waals surface area contributed by atoms with E-state index in [1.54, 1.807) is 25.1 Å². The van der Waals surface area contributed by atoms with Gasteiger partial charge in [-0.3, -0.25) is 13.9 Å². The number of carbonyl (C=O) groups is 2. The van der Waals surface area contributed by atoms with Gasteiger partial charge < -0.3 is 15.0 Å². The number of nitrogens with zero attached hydrogens (tertiary/aromatic N) is 2. The largest absolute Gasteiger partial charge is 0.497 e. The van der Waals surface area contributed by atoms with Crippen molar-refractivity contribution in [3.63, 3.8) is 0 Å². The molecule has 0 heterocycles. The zero-order valence-corrected chi connectivity index (χ0v) is 22.3. The Morgan fingerprint density at radius 3 is 2.37 bits per heavy atom. The number of methoxy groups -OCH3 is 1. The molecule has 0 radical (unpaired) electrons. The van der Waals surface area contributed by atoms with Crippen molar-refractivity contribution >= 4 is 27.5 Å².